The van der Waals surface area contributed by atoms with Gasteiger partial charge in [0.1, 0.15) is 17.7 Å². The lowest BCUT2D eigenvalue weighted by atomic mass is 10.2. The predicted octanol–water partition coefficient (Wildman–Crippen LogP) is 0.126. The van der Waals surface area contributed by atoms with E-state index in [9.17, 15) is 4.79 Å². The molecule has 1 aromatic heterocycles. The molecule has 0 aliphatic carbocycles. The summed E-state index contributed by atoms with van der Waals surface area (Å²) in [5.74, 6) is 2.53. The molecule has 1 atom stereocenters. The van der Waals surface area contributed by atoms with Gasteiger partial charge in [-0.25, -0.2) is 0 Å². The van der Waals surface area contributed by atoms with Gasteiger partial charge < -0.3 is 9.67 Å². The Bertz CT molecular complexity index is 420. The molecule has 0 bridgehead atoms. The second-order valence-corrected chi connectivity index (χ2v) is 5.27. The van der Waals surface area contributed by atoms with Crippen molar-refractivity contribution in [1.82, 2.24) is 19.7 Å². The number of aliphatic carboxylic acids is 1. The highest BCUT2D eigenvalue weighted by atomic mass is 32.2. The lowest BCUT2D eigenvalue weighted by Crippen LogP contribution is -2.47. The van der Waals surface area contributed by atoms with Crippen molar-refractivity contribution < 1.29 is 9.90 Å². The Hall–Kier alpha value is -1.08. The van der Waals surface area contributed by atoms with Crippen molar-refractivity contribution in [2.75, 3.05) is 18.1 Å². The molecule has 0 saturated carbocycles. The zero-order valence-electron chi connectivity index (χ0n) is 9.96. The van der Waals surface area contributed by atoms with Gasteiger partial charge in [-0.3, -0.25) is 9.69 Å². The zero-order chi connectivity index (χ0) is 12.4. The zero-order valence-corrected chi connectivity index (χ0v) is 10.8. The Morgan fingerprint density at radius 1 is 1.59 bits per heavy atom. The van der Waals surface area contributed by atoms with E-state index < -0.39 is 12.0 Å². The maximum Gasteiger partial charge on any atom is 0.321 e. The predicted molar refractivity (Wildman–Crippen MR) is 64.9 cm³/mol. The van der Waals surface area contributed by atoms with E-state index in [1.807, 2.05) is 23.4 Å². The highest BCUT2D eigenvalue weighted by Gasteiger charge is 2.29. The fourth-order valence-corrected chi connectivity index (χ4v) is 2.93. The minimum atomic E-state index is -0.754. The van der Waals surface area contributed by atoms with Crippen LogP contribution in [0.5, 0.6) is 0 Å². The Morgan fingerprint density at radius 2 is 2.35 bits per heavy atom. The van der Waals surface area contributed by atoms with Gasteiger partial charge in [-0.2, -0.15) is 11.8 Å². The number of hydrogen-bond acceptors (Lipinski definition) is 5. The first kappa shape index (κ1) is 12.4. The van der Waals surface area contributed by atoms with Crippen LogP contribution in [0.2, 0.25) is 0 Å². The van der Waals surface area contributed by atoms with E-state index in [1.54, 1.807) is 11.8 Å². The largest absolute Gasteiger partial charge is 0.480 e. The molecular weight excluding hydrogens is 240 g/mol. The van der Waals surface area contributed by atoms with Gasteiger partial charge in [-0.1, -0.05) is 0 Å². The van der Waals surface area contributed by atoms with E-state index in [4.69, 9.17) is 5.11 Å². The quantitative estimate of drug-likeness (QED) is 0.828. The van der Waals surface area contributed by atoms with Crippen LogP contribution in [-0.4, -0.2) is 54.8 Å². The smallest absolute Gasteiger partial charge is 0.321 e. The Labute approximate surface area is 104 Å². The lowest BCUT2D eigenvalue weighted by molar-refractivity contribution is -0.142. The molecule has 1 aromatic rings. The molecule has 6 nitrogen and oxygen atoms in total. The number of thioether (sulfide) groups is 1. The molecule has 0 radical (unpaired) electrons. The fraction of sp³-hybridized carbons (Fsp3) is 0.700. The van der Waals surface area contributed by atoms with E-state index in [0.29, 0.717) is 12.3 Å². The molecule has 2 heterocycles. The molecule has 1 fully saturated rings. The minimum Gasteiger partial charge on any atom is -0.480 e. The number of carbonyl (C=O) groups is 1. The summed E-state index contributed by atoms with van der Waals surface area (Å²) in [5, 5.41) is 17.2. The summed E-state index contributed by atoms with van der Waals surface area (Å²) in [5.41, 5.74) is 0. The van der Waals surface area contributed by atoms with Crippen molar-refractivity contribution in [2.45, 2.75) is 19.5 Å². The van der Waals surface area contributed by atoms with Crippen molar-refractivity contribution in [1.29, 1.82) is 0 Å². The third-order valence-corrected chi connectivity index (χ3v) is 4.07. The van der Waals surface area contributed by atoms with Crippen LogP contribution >= 0.6 is 11.8 Å². The second-order valence-electron chi connectivity index (χ2n) is 4.12. The number of carboxylic acid groups (broad SMARTS) is 1. The van der Waals surface area contributed by atoms with E-state index in [0.717, 1.165) is 23.9 Å². The number of nitrogens with zero attached hydrogens (tertiary/aromatic N) is 4. The maximum atomic E-state index is 11.1. The van der Waals surface area contributed by atoms with Gasteiger partial charge in [0.25, 0.3) is 0 Å². The molecule has 0 aromatic carbocycles. The average Bonchev–Trinajstić information content (AvgIpc) is 2.61. The number of hydrogen-bond donors (Lipinski definition) is 1. The van der Waals surface area contributed by atoms with Gasteiger partial charge in [0.05, 0.1) is 6.54 Å². The molecule has 0 spiro atoms. The van der Waals surface area contributed by atoms with Crippen molar-refractivity contribution in [3.8, 4) is 0 Å². The number of aromatic nitrogens is 3. The van der Waals surface area contributed by atoms with Crippen LogP contribution in [0.1, 0.15) is 11.6 Å². The maximum absolute atomic E-state index is 11.1. The summed E-state index contributed by atoms with van der Waals surface area (Å²) in [7, 11) is 1.90. The van der Waals surface area contributed by atoms with E-state index in [2.05, 4.69) is 10.2 Å². The van der Waals surface area contributed by atoms with E-state index in [-0.39, 0.29) is 0 Å². The third kappa shape index (κ3) is 2.61. The van der Waals surface area contributed by atoms with Crippen LogP contribution in [0, 0.1) is 6.92 Å². The molecule has 1 saturated heterocycles. The van der Waals surface area contributed by atoms with Crippen molar-refractivity contribution in [3.63, 3.8) is 0 Å². The minimum absolute atomic E-state index is 0.411. The SMILES string of the molecule is Cc1nnc(CN2CCSCC2C(=O)O)n1C. The van der Waals surface area contributed by atoms with E-state index in [1.165, 1.54) is 0 Å². The Morgan fingerprint density at radius 3 is 2.94 bits per heavy atom. The topological polar surface area (TPSA) is 71.2 Å². The molecule has 2 rings (SSSR count). The molecule has 1 unspecified atom stereocenters. The van der Waals surface area contributed by atoms with Gasteiger partial charge in [0.2, 0.25) is 0 Å². The number of aryl methyl sites for hydroxylation is 1. The highest BCUT2D eigenvalue weighted by molar-refractivity contribution is 7.99. The number of rotatable bonds is 3. The normalized spacial score (nSPS) is 21.6. The van der Waals surface area contributed by atoms with Crippen molar-refractivity contribution in [3.05, 3.63) is 11.6 Å². The van der Waals surface area contributed by atoms with Crippen LogP contribution in [0.4, 0.5) is 0 Å². The van der Waals surface area contributed by atoms with E-state index >= 15 is 0 Å². The number of carboxylic acids is 1. The van der Waals surface area contributed by atoms with Gasteiger partial charge in [0, 0.05) is 25.1 Å². The Kier molecular flexibility index (Phi) is 3.68. The monoisotopic (exact) mass is 256 g/mol. The lowest BCUT2D eigenvalue weighted by Gasteiger charge is -2.31. The molecule has 94 valence electrons. The van der Waals surface area contributed by atoms with Gasteiger partial charge in [0.15, 0.2) is 0 Å². The summed E-state index contributed by atoms with van der Waals surface area (Å²) in [4.78, 5) is 13.1. The molecule has 0 amide bonds. The molecule has 1 aliphatic rings. The van der Waals surface area contributed by atoms with Gasteiger partial charge in [-0.05, 0) is 6.92 Å². The molecular formula is C10H16N4O2S. The first-order valence-electron chi connectivity index (χ1n) is 5.49. The summed E-state index contributed by atoms with van der Waals surface area (Å²) in [6, 6.07) is -0.411. The third-order valence-electron chi connectivity index (χ3n) is 3.05. The van der Waals surface area contributed by atoms with Crippen LogP contribution < -0.4 is 0 Å². The van der Waals surface area contributed by atoms with Gasteiger partial charge in [-0.15, -0.1) is 10.2 Å². The highest BCUT2D eigenvalue weighted by Crippen LogP contribution is 2.18. The summed E-state index contributed by atoms with van der Waals surface area (Å²) in [6.45, 7) is 3.22. The fourth-order valence-electron chi connectivity index (χ4n) is 1.83. The van der Waals surface area contributed by atoms with Crippen molar-refractivity contribution in [2.24, 2.45) is 7.05 Å². The molecule has 1 N–H and O–H groups in total. The van der Waals surface area contributed by atoms with Crippen LogP contribution in [0.3, 0.4) is 0 Å². The van der Waals surface area contributed by atoms with Crippen LogP contribution in [0.15, 0.2) is 0 Å². The van der Waals surface area contributed by atoms with Gasteiger partial charge >= 0.3 is 5.97 Å². The summed E-state index contributed by atoms with van der Waals surface area (Å²) < 4.78 is 1.90. The second kappa shape index (κ2) is 5.05. The summed E-state index contributed by atoms with van der Waals surface area (Å²) >= 11 is 1.69. The standard InChI is InChI=1S/C10H16N4O2S/c1-7-11-12-9(13(7)2)5-14-3-4-17-6-8(14)10(15)16/h8H,3-6H2,1-2H3,(H,15,16). The first-order chi connectivity index (χ1) is 8.09. The van der Waals surface area contributed by atoms with Crippen LogP contribution in [0.25, 0.3) is 0 Å². The molecule has 7 heteroatoms. The summed E-state index contributed by atoms with van der Waals surface area (Å²) in [6.07, 6.45) is 0. The molecule has 17 heavy (non-hydrogen) atoms. The first-order valence-corrected chi connectivity index (χ1v) is 6.64. The van der Waals surface area contributed by atoms with Crippen molar-refractivity contribution >= 4 is 17.7 Å². The molecule has 1 aliphatic heterocycles. The average molecular weight is 256 g/mol. The Balaban J connectivity index is 2.10. The van der Waals surface area contributed by atoms with Crippen LogP contribution in [-0.2, 0) is 18.4 Å².